The van der Waals surface area contributed by atoms with Crippen LogP contribution in [0.25, 0.3) is 0 Å². The molecule has 2 aromatic carbocycles. The van der Waals surface area contributed by atoms with E-state index in [9.17, 15) is 14.0 Å². The molecule has 0 atom stereocenters. The predicted molar refractivity (Wildman–Crippen MR) is 101 cm³/mol. The molecule has 0 aromatic heterocycles. The molecule has 7 heteroatoms. The van der Waals surface area contributed by atoms with Crippen LogP contribution in [0, 0.1) is 12.7 Å². The summed E-state index contributed by atoms with van der Waals surface area (Å²) in [5.74, 6) is -1.67. The highest BCUT2D eigenvalue weighted by Crippen LogP contribution is 2.31. The fourth-order valence-corrected chi connectivity index (χ4v) is 2.78. The van der Waals surface area contributed by atoms with Gasteiger partial charge in [-0.1, -0.05) is 40.9 Å². The first-order chi connectivity index (χ1) is 12.4. The van der Waals surface area contributed by atoms with E-state index >= 15 is 0 Å². The van der Waals surface area contributed by atoms with Gasteiger partial charge in [-0.3, -0.25) is 9.59 Å². The van der Waals surface area contributed by atoms with E-state index in [1.165, 1.54) is 24.3 Å². The zero-order valence-electron chi connectivity index (χ0n) is 13.6. The monoisotopic (exact) mass is 390 g/mol. The number of aryl methyl sites for hydroxylation is 1. The summed E-state index contributed by atoms with van der Waals surface area (Å²) in [5, 5.41) is 5.00. The molecule has 1 aliphatic carbocycles. The average molecular weight is 391 g/mol. The Kier molecular flexibility index (Phi) is 5.11. The number of Topliss-reactive ketones (excluding diaryl/α,β-unsaturated/α-hetero) is 2. The molecule has 0 amide bonds. The molecule has 26 heavy (non-hydrogen) atoms. The number of rotatable bonds is 4. The summed E-state index contributed by atoms with van der Waals surface area (Å²) in [5.41, 5.74) is 1.81. The number of allylic oxidation sites excluding steroid dienone is 2. The zero-order chi connectivity index (χ0) is 18.8. The lowest BCUT2D eigenvalue weighted by Crippen LogP contribution is -2.27. The van der Waals surface area contributed by atoms with Gasteiger partial charge in [-0.15, -0.1) is 0 Å². The van der Waals surface area contributed by atoms with Crippen molar-refractivity contribution in [3.63, 3.8) is 0 Å². The predicted octanol–water partition coefficient (Wildman–Crippen LogP) is 4.71. The van der Waals surface area contributed by atoms with Gasteiger partial charge in [0.2, 0.25) is 11.6 Å². The fraction of sp³-hybridized carbons (Fsp3) is 0.0526. The Morgan fingerprint density at radius 1 is 0.731 bits per heavy atom. The van der Waals surface area contributed by atoms with Gasteiger partial charge in [-0.2, -0.15) is 0 Å². The van der Waals surface area contributed by atoms with Crippen LogP contribution in [-0.4, -0.2) is 11.6 Å². The van der Waals surface area contributed by atoms with E-state index in [0.29, 0.717) is 11.4 Å². The van der Waals surface area contributed by atoms with Crippen molar-refractivity contribution in [2.45, 2.75) is 6.92 Å². The average Bonchev–Trinajstić information content (AvgIpc) is 2.64. The number of carbonyl (C=O) groups excluding carboxylic acids is 2. The maximum absolute atomic E-state index is 13.0. The molecular formula is C19H13Cl2FN2O2. The lowest BCUT2D eigenvalue weighted by Gasteiger charge is -2.20. The lowest BCUT2D eigenvalue weighted by molar-refractivity contribution is -0.115. The second-order valence-corrected chi connectivity index (χ2v) is 6.42. The first-order valence-electron chi connectivity index (χ1n) is 7.62. The molecule has 0 aliphatic heterocycles. The molecule has 0 radical (unpaired) electrons. The number of hydrogen-bond donors (Lipinski definition) is 2. The maximum Gasteiger partial charge on any atom is 0.224 e. The molecule has 0 fully saturated rings. The number of hydrogen-bond acceptors (Lipinski definition) is 4. The van der Waals surface area contributed by atoms with E-state index in [1.54, 1.807) is 12.1 Å². The van der Waals surface area contributed by atoms with Crippen molar-refractivity contribution in [2.24, 2.45) is 0 Å². The summed E-state index contributed by atoms with van der Waals surface area (Å²) in [6.07, 6.45) is 0. The molecule has 0 saturated heterocycles. The van der Waals surface area contributed by atoms with Crippen LogP contribution in [0.5, 0.6) is 0 Å². The Morgan fingerprint density at radius 3 is 1.54 bits per heavy atom. The van der Waals surface area contributed by atoms with Gasteiger partial charge in [-0.25, -0.2) is 4.39 Å². The summed E-state index contributed by atoms with van der Waals surface area (Å²) in [7, 11) is 0. The van der Waals surface area contributed by atoms with Gasteiger partial charge >= 0.3 is 0 Å². The van der Waals surface area contributed by atoms with Gasteiger partial charge in [-0.05, 0) is 43.3 Å². The van der Waals surface area contributed by atoms with Crippen LogP contribution < -0.4 is 10.6 Å². The molecule has 0 saturated carbocycles. The Balaban J connectivity index is 1.88. The van der Waals surface area contributed by atoms with Gasteiger partial charge < -0.3 is 10.6 Å². The zero-order valence-corrected chi connectivity index (χ0v) is 15.1. The first-order valence-corrected chi connectivity index (χ1v) is 8.37. The molecule has 132 valence electrons. The summed E-state index contributed by atoms with van der Waals surface area (Å²) in [4.78, 5) is 25.1. The molecule has 2 aromatic rings. The summed E-state index contributed by atoms with van der Waals surface area (Å²) >= 11 is 12.2. The van der Waals surface area contributed by atoms with Crippen molar-refractivity contribution in [3.8, 4) is 0 Å². The minimum atomic E-state index is -0.629. The van der Waals surface area contributed by atoms with Gasteiger partial charge in [0, 0.05) is 11.4 Å². The van der Waals surface area contributed by atoms with Crippen molar-refractivity contribution >= 4 is 46.1 Å². The normalized spacial score (nSPS) is 14.8. The highest BCUT2D eigenvalue weighted by Gasteiger charge is 2.33. The highest BCUT2D eigenvalue weighted by molar-refractivity contribution is 6.56. The molecule has 1 aliphatic rings. The second kappa shape index (κ2) is 7.32. The minimum absolute atomic E-state index is 0.0878. The molecule has 4 nitrogen and oxygen atoms in total. The SMILES string of the molecule is Cc1ccc(NC2=C(Cl)C(=O)C(Nc3ccc(F)cc3)=C(Cl)C2=O)cc1. The Hall–Kier alpha value is -2.63. The number of ketones is 2. The largest absolute Gasteiger partial charge is 0.351 e. The molecule has 2 N–H and O–H groups in total. The maximum atomic E-state index is 13.0. The second-order valence-electron chi connectivity index (χ2n) is 5.66. The van der Waals surface area contributed by atoms with Crippen LogP contribution in [0.2, 0.25) is 0 Å². The van der Waals surface area contributed by atoms with E-state index < -0.39 is 17.4 Å². The van der Waals surface area contributed by atoms with Crippen molar-refractivity contribution in [1.82, 2.24) is 0 Å². The quantitative estimate of drug-likeness (QED) is 0.742. The van der Waals surface area contributed by atoms with E-state index in [2.05, 4.69) is 10.6 Å². The summed E-state index contributed by atoms with van der Waals surface area (Å²) in [6.45, 7) is 1.93. The number of nitrogens with one attached hydrogen (secondary N) is 2. The van der Waals surface area contributed by atoms with Crippen molar-refractivity contribution in [3.05, 3.63) is 81.4 Å². The third-order valence-electron chi connectivity index (χ3n) is 3.73. The van der Waals surface area contributed by atoms with Crippen LogP contribution in [0.15, 0.2) is 70.0 Å². The number of benzene rings is 2. The van der Waals surface area contributed by atoms with Crippen LogP contribution >= 0.6 is 23.2 Å². The number of carbonyl (C=O) groups is 2. The standard InChI is InChI=1S/C19H13Cl2FN2O2/c1-10-2-6-12(7-3-10)23-16-14(20)19(26)17(15(21)18(16)25)24-13-8-4-11(22)5-9-13/h2-9,23-24H,1H3. The van der Waals surface area contributed by atoms with Crippen molar-refractivity contribution in [1.29, 1.82) is 0 Å². The van der Waals surface area contributed by atoms with Gasteiger partial charge in [0.25, 0.3) is 0 Å². The van der Waals surface area contributed by atoms with Crippen LogP contribution in [0.1, 0.15) is 5.56 Å². The molecule has 0 spiro atoms. The van der Waals surface area contributed by atoms with Crippen LogP contribution in [-0.2, 0) is 9.59 Å². The number of anilines is 2. The van der Waals surface area contributed by atoms with Crippen LogP contribution in [0.3, 0.4) is 0 Å². The minimum Gasteiger partial charge on any atom is -0.351 e. The number of halogens is 3. The van der Waals surface area contributed by atoms with Gasteiger partial charge in [0.1, 0.15) is 27.3 Å². The van der Waals surface area contributed by atoms with Crippen LogP contribution in [0.4, 0.5) is 15.8 Å². The highest BCUT2D eigenvalue weighted by atomic mass is 35.5. The summed E-state index contributed by atoms with van der Waals surface area (Å²) < 4.78 is 13.0. The van der Waals surface area contributed by atoms with Gasteiger partial charge in [0.15, 0.2) is 0 Å². The third-order valence-corrected chi connectivity index (χ3v) is 4.45. The van der Waals surface area contributed by atoms with E-state index in [1.807, 2.05) is 19.1 Å². The van der Waals surface area contributed by atoms with E-state index in [-0.39, 0.29) is 21.5 Å². The Bertz CT molecular complexity index is 869. The molecule has 0 heterocycles. The molecule has 0 unspecified atom stereocenters. The lowest BCUT2D eigenvalue weighted by atomic mass is 10.0. The fourth-order valence-electron chi connectivity index (χ4n) is 2.33. The topological polar surface area (TPSA) is 58.2 Å². The van der Waals surface area contributed by atoms with Crippen molar-refractivity contribution in [2.75, 3.05) is 10.6 Å². The van der Waals surface area contributed by atoms with Crippen molar-refractivity contribution < 1.29 is 14.0 Å². The third kappa shape index (κ3) is 3.64. The van der Waals surface area contributed by atoms with E-state index in [4.69, 9.17) is 23.2 Å². The van der Waals surface area contributed by atoms with Gasteiger partial charge in [0.05, 0.1) is 0 Å². The first kappa shape index (κ1) is 18.2. The van der Waals surface area contributed by atoms with E-state index in [0.717, 1.165) is 5.56 Å². The molecule has 0 bridgehead atoms. The molecule has 3 rings (SSSR count). The summed E-state index contributed by atoms with van der Waals surface area (Å²) in [6, 6.07) is 12.5. The Morgan fingerprint density at radius 2 is 1.12 bits per heavy atom. The Labute approximate surface area is 159 Å². The smallest absolute Gasteiger partial charge is 0.224 e. The molecular weight excluding hydrogens is 378 g/mol.